The summed E-state index contributed by atoms with van der Waals surface area (Å²) in [6, 6.07) is 4.55. The van der Waals surface area contributed by atoms with Crippen molar-refractivity contribution in [3.05, 3.63) is 52.1 Å². The average Bonchev–Trinajstić information content (AvgIpc) is 2.43. The fraction of sp³-hybridized carbons (Fsp3) is 0. The molecule has 6 heteroatoms. The molecule has 1 aliphatic rings. The van der Waals surface area contributed by atoms with Gasteiger partial charge in [0, 0.05) is 23.4 Å². The molecule has 0 aromatic heterocycles. The first-order valence-corrected chi connectivity index (χ1v) is 5.97. The predicted molar refractivity (Wildman–Crippen MR) is 72.6 cm³/mol. The van der Waals surface area contributed by atoms with Crippen molar-refractivity contribution in [2.24, 2.45) is 0 Å². The van der Waals surface area contributed by atoms with Gasteiger partial charge < -0.3 is 20.7 Å². The van der Waals surface area contributed by atoms with Crippen molar-refractivity contribution < 1.29 is 24.9 Å². The Balaban J connectivity index is 2.38. The van der Waals surface area contributed by atoms with E-state index in [9.17, 15) is 24.9 Å². The highest BCUT2D eigenvalue weighted by molar-refractivity contribution is 6.30. The molecule has 0 atom stereocenters. The number of nitrogens with one attached hydrogen (secondary N) is 1. The Morgan fingerprint density at radius 3 is 2.00 bits per heavy atom. The Kier molecular flexibility index (Phi) is 2.56. The minimum atomic E-state index is -0.703. The summed E-state index contributed by atoms with van der Waals surface area (Å²) in [5.74, 6) is -2.61. The highest BCUT2D eigenvalue weighted by Crippen LogP contribution is 2.38. The van der Waals surface area contributed by atoms with Crippen molar-refractivity contribution in [2.45, 2.75) is 0 Å². The summed E-state index contributed by atoms with van der Waals surface area (Å²) in [4.78, 5) is 24.8. The number of phenolic OH excluding ortho intramolecular Hbond substituents is 3. The second-order valence-corrected chi connectivity index (χ2v) is 4.65. The Hall–Kier alpha value is -3.15. The van der Waals surface area contributed by atoms with E-state index in [1.54, 1.807) is 0 Å². The van der Waals surface area contributed by atoms with Crippen LogP contribution in [0.4, 0.5) is 0 Å². The number of rotatable bonds is 1. The van der Waals surface area contributed by atoms with Crippen molar-refractivity contribution >= 4 is 17.8 Å². The van der Waals surface area contributed by atoms with Gasteiger partial charge in [-0.1, -0.05) is 0 Å². The zero-order chi connectivity index (χ0) is 15.3. The Labute approximate surface area is 118 Å². The van der Waals surface area contributed by atoms with Crippen molar-refractivity contribution in [2.75, 3.05) is 0 Å². The summed E-state index contributed by atoms with van der Waals surface area (Å²) in [6.45, 7) is 0. The third-order valence-electron chi connectivity index (χ3n) is 3.35. The van der Waals surface area contributed by atoms with E-state index >= 15 is 0 Å². The summed E-state index contributed by atoms with van der Waals surface area (Å²) in [6.07, 6.45) is 0.938. The largest absolute Gasteiger partial charge is 0.508 e. The lowest BCUT2D eigenvalue weighted by molar-refractivity contribution is 0.0974. The maximum Gasteiger partial charge on any atom is 0.201 e. The van der Waals surface area contributed by atoms with Gasteiger partial charge in [0.15, 0.2) is 5.78 Å². The van der Waals surface area contributed by atoms with E-state index in [1.807, 2.05) is 0 Å². The van der Waals surface area contributed by atoms with Crippen LogP contribution in [0.1, 0.15) is 37.4 Å². The van der Waals surface area contributed by atoms with Crippen LogP contribution in [0.25, 0.3) is 0 Å². The molecule has 0 saturated heterocycles. The van der Waals surface area contributed by atoms with Crippen LogP contribution in [-0.2, 0) is 0 Å². The van der Waals surface area contributed by atoms with E-state index in [1.165, 1.54) is 12.1 Å². The van der Waals surface area contributed by atoms with Crippen molar-refractivity contribution in [1.29, 1.82) is 5.41 Å². The molecule has 3 rings (SSSR count). The summed E-state index contributed by atoms with van der Waals surface area (Å²) in [5, 5.41) is 36.4. The smallest absolute Gasteiger partial charge is 0.201 e. The molecule has 4 N–H and O–H groups in total. The first-order valence-electron chi connectivity index (χ1n) is 5.97. The Morgan fingerprint density at radius 2 is 1.38 bits per heavy atom. The molecule has 104 valence electrons. The first kappa shape index (κ1) is 12.9. The number of aromatic hydroxyl groups is 3. The summed E-state index contributed by atoms with van der Waals surface area (Å²) in [5.41, 5.74) is -0.384. The maximum absolute atomic E-state index is 12.4. The normalized spacial score (nSPS) is 12.8. The van der Waals surface area contributed by atoms with Gasteiger partial charge in [-0.3, -0.25) is 9.59 Å². The van der Waals surface area contributed by atoms with Gasteiger partial charge in [0.1, 0.15) is 17.2 Å². The van der Waals surface area contributed by atoms with E-state index < -0.39 is 23.1 Å². The molecule has 0 aliphatic heterocycles. The SMILES string of the molecule is N=Cc1cc(O)c2c(c1)C(=O)c1cc(O)cc(O)c1C2=O. The molecule has 21 heavy (non-hydrogen) atoms. The molecule has 0 saturated carbocycles. The third-order valence-corrected chi connectivity index (χ3v) is 3.35. The fourth-order valence-electron chi connectivity index (χ4n) is 2.45. The third kappa shape index (κ3) is 1.69. The van der Waals surface area contributed by atoms with Gasteiger partial charge >= 0.3 is 0 Å². The number of phenols is 3. The van der Waals surface area contributed by atoms with Gasteiger partial charge in [0.2, 0.25) is 5.78 Å². The highest BCUT2D eigenvalue weighted by atomic mass is 16.3. The lowest BCUT2D eigenvalue weighted by Gasteiger charge is -2.19. The van der Waals surface area contributed by atoms with E-state index in [4.69, 9.17) is 5.41 Å². The van der Waals surface area contributed by atoms with E-state index in [0.29, 0.717) is 0 Å². The van der Waals surface area contributed by atoms with Crippen LogP contribution in [-0.4, -0.2) is 33.1 Å². The van der Waals surface area contributed by atoms with Crippen LogP contribution in [0.2, 0.25) is 0 Å². The van der Waals surface area contributed by atoms with Gasteiger partial charge in [-0.2, -0.15) is 0 Å². The van der Waals surface area contributed by atoms with Crippen LogP contribution in [0.15, 0.2) is 24.3 Å². The standard InChI is InChI=1S/C15H9NO5/c16-5-6-1-8-12(10(18)2-6)15(21)13-9(14(8)20)3-7(17)4-11(13)19/h1-5,16-19H. The summed E-state index contributed by atoms with van der Waals surface area (Å²) >= 11 is 0. The molecule has 0 radical (unpaired) electrons. The number of carbonyl (C=O) groups excluding carboxylic acids is 2. The number of benzene rings is 2. The van der Waals surface area contributed by atoms with Crippen LogP contribution in [0.5, 0.6) is 17.2 Å². The minimum Gasteiger partial charge on any atom is -0.508 e. The first-order chi connectivity index (χ1) is 9.93. The van der Waals surface area contributed by atoms with Crippen molar-refractivity contribution in [3.8, 4) is 17.2 Å². The lowest BCUT2D eigenvalue weighted by atomic mass is 9.82. The topological polar surface area (TPSA) is 119 Å². The van der Waals surface area contributed by atoms with Crippen molar-refractivity contribution in [3.63, 3.8) is 0 Å². The molecule has 6 nitrogen and oxygen atoms in total. The van der Waals surface area contributed by atoms with Gasteiger partial charge in [-0.25, -0.2) is 0 Å². The molecule has 0 heterocycles. The summed E-state index contributed by atoms with van der Waals surface area (Å²) in [7, 11) is 0. The average molecular weight is 283 g/mol. The predicted octanol–water partition coefficient (Wildman–Crippen LogP) is 1.58. The summed E-state index contributed by atoms with van der Waals surface area (Å²) < 4.78 is 0. The number of hydrogen-bond acceptors (Lipinski definition) is 6. The second kappa shape index (κ2) is 4.17. The van der Waals surface area contributed by atoms with Crippen molar-refractivity contribution in [1.82, 2.24) is 0 Å². The number of ketones is 2. The van der Waals surface area contributed by atoms with Crippen LogP contribution < -0.4 is 0 Å². The van der Waals surface area contributed by atoms with Gasteiger partial charge in [-0.05, 0) is 23.8 Å². The van der Waals surface area contributed by atoms with Crippen LogP contribution in [0, 0.1) is 5.41 Å². The maximum atomic E-state index is 12.4. The molecule has 0 amide bonds. The minimum absolute atomic E-state index is 0.0593. The molecular formula is C15H9NO5. The zero-order valence-corrected chi connectivity index (χ0v) is 10.5. The molecule has 2 aromatic carbocycles. The van der Waals surface area contributed by atoms with Gasteiger partial charge in [0.25, 0.3) is 0 Å². The monoisotopic (exact) mass is 283 g/mol. The molecule has 2 aromatic rings. The zero-order valence-electron chi connectivity index (χ0n) is 10.5. The van der Waals surface area contributed by atoms with Crippen LogP contribution >= 0.6 is 0 Å². The van der Waals surface area contributed by atoms with E-state index in [0.717, 1.165) is 18.3 Å². The molecule has 0 bridgehead atoms. The lowest BCUT2D eigenvalue weighted by Crippen LogP contribution is -2.21. The van der Waals surface area contributed by atoms with E-state index in [2.05, 4.69) is 0 Å². The van der Waals surface area contributed by atoms with Gasteiger partial charge in [-0.15, -0.1) is 0 Å². The fourth-order valence-corrected chi connectivity index (χ4v) is 2.45. The molecule has 0 fully saturated rings. The number of fused-ring (bicyclic) bond motifs is 2. The Morgan fingerprint density at radius 1 is 0.810 bits per heavy atom. The molecule has 1 aliphatic carbocycles. The van der Waals surface area contributed by atoms with Crippen LogP contribution in [0.3, 0.4) is 0 Å². The molecule has 0 unspecified atom stereocenters. The Bertz CT molecular complexity index is 838. The highest BCUT2D eigenvalue weighted by Gasteiger charge is 2.35. The second-order valence-electron chi connectivity index (χ2n) is 4.65. The quantitative estimate of drug-likeness (QED) is 0.505. The van der Waals surface area contributed by atoms with Gasteiger partial charge in [0.05, 0.1) is 11.1 Å². The number of carbonyl (C=O) groups is 2. The molecular weight excluding hydrogens is 274 g/mol. The number of hydrogen-bond donors (Lipinski definition) is 4. The van der Waals surface area contributed by atoms with E-state index in [-0.39, 0.29) is 33.6 Å². The molecule has 0 spiro atoms.